The summed E-state index contributed by atoms with van der Waals surface area (Å²) in [6, 6.07) is 5.71. The Morgan fingerprint density at radius 3 is 2.19 bits per heavy atom. The van der Waals surface area contributed by atoms with Crippen LogP contribution >= 0.6 is 0 Å². The van der Waals surface area contributed by atoms with Crippen LogP contribution in [0.15, 0.2) is 18.2 Å². The van der Waals surface area contributed by atoms with Crippen molar-refractivity contribution in [2.24, 2.45) is 0 Å². The zero-order valence-corrected chi connectivity index (χ0v) is 12.7. The van der Waals surface area contributed by atoms with E-state index in [4.69, 9.17) is 5.11 Å². The number of hydrogen-bond acceptors (Lipinski definition) is 2. The van der Waals surface area contributed by atoms with E-state index in [1.54, 1.807) is 0 Å². The first-order chi connectivity index (χ1) is 9.90. The summed E-state index contributed by atoms with van der Waals surface area (Å²) in [5, 5.41) is 12.2. The molecule has 1 aliphatic rings. The van der Waals surface area contributed by atoms with Gasteiger partial charge in [-0.25, -0.2) is 0 Å². The molecule has 0 saturated heterocycles. The number of amides is 1. The average molecular weight is 289 g/mol. The van der Waals surface area contributed by atoms with Crippen molar-refractivity contribution in [3.05, 3.63) is 34.9 Å². The van der Waals surface area contributed by atoms with E-state index >= 15 is 0 Å². The molecule has 1 aliphatic carbocycles. The van der Waals surface area contributed by atoms with Crippen LogP contribution in [0.3, 0.4) is 0 Å². The average Bonchev–Trinajstić information content (AvgIpc) is 2.37. The lowest BCUT2D eigenvalue weighted by Gasteiger charge is -2.37. The van der Waals surface area contributed by atoms with E-state index in [0.29, 0.717) is 5.56 Å². The smallest absolute Gasteiger partial charge is 0.305 e. The molecule has 114 valence electrons. The molecule has 1 amide bonds. The minimum atomic E-state index is -0.849. The molecule has 21 heavy (non-hydrogen) atoms. The lowest BCUT2D eigenvalue weighted by molar-refractivity contribution is -0.139. The monoisotopic (exact) mass is 289 g/mol. The number of rotatable bonds is 4. The first-order valence-electron chi connectivity index (χ1n) is 7.53. The van der Waals surface area contributed by atoms with Gasteiger partial charge in [0.05, 0.1) is 12.0 Å². The molecule has 1 fully saturated rings. The summed E-state index contributed by atoms with van der Waals surface area (Å²) in [4.78, 5) is 23.6. The number of hydrogen-bond donors (Lipinski definition) is 2. The molecular weight excluding hydrogens is 266 g/mol. The van der Waals surface area contributed by atoms with Crippen molar-refractivity contribution in [2.45, 2.75) is 57.9 Å². The van der Waals surface area contributed by atoms with Crippen molar-refractivity contribution >= 4 is 11.9 Å². The fourth-order valence-corrected chi connectivity index (χ4v) is 3.28. The summed E-state index contributed by atoms with van der Waals surface area (Å²) in [6.07, 6.45) is 4.55. The van der Waals surface area contributed by atoms with Gasteiger partial charge in [-0.05, 0) is 38.8 Å². The Bertz CT molecular complexity index is 525. The van der Waals surface area contributed by atoms with E-state index in [9.17, 15) is 9.59 Å². The van der Waals surface area contributed by atoms with Gasteiger partial charge >= 0.3 is 5.97 Å². The molecule has 1 aromatic rings. The van der Waals surface area contributed by atoms with Crippen molar-refractivity contribution in [3.8, 4) is 0 Å². The quantitative estimate of drug-likeness (QED) is 0.894. The number of nitrogens with one attached hydrogen (secondary N) is 1. The number of carboxylic acid groups (broad SMARTS) is 1. The Balaban J connectivity index is 2.19. The predicted octanol–water partition coefficient (Wildman–Crippen LogP) is 3.21. The molecule has 1 aromatic carbocycles. The summed E-state index contributed by atoms with van der Waals surface area (Å²) in [5.74, 6) is -1.01. The minimum absolute atomic E-state index is 0.00351. The Labute approximate surface area is 125 Å². The first-order valence-corrected chi connectivity index (χ1v) is 7.53. The molecule has 4 heteroatoms. The predicted molar refractivity (Wildman–Crippen MR) is 81.5 cm³/mol. The molecule has 2 N–H and O–H groups in total. The van der Waals surface area contributed by atoms with Crippen molar-refractivity contribution in [2.75, 3.05) is 0 Å². The number of benzene rings is 1. The van der Waals surface area contributed by atoms with Crippen LogP contribution in [-0.4, -0.2) is 22.5 Å². The third kappa shape index (κ3) is 4.06. The largest absolute Gasteiger partial charge is 0.481 e. The van der Waals surface area contributed by atoms with Crippen molar-refractivity contribution in [1.82, 2.24) is 5.32 Å². The van der Waals surface area contributed by atoms with Gasteiger partial charge in [0.1, 0.15) is 0 Å². The molecule has 0 atom stereocenters. The second-order valence-corrected chi connectivity index (χ2v) is 6.24. The summed E-state index contributed by atoms with van der Waals surface area (Å²) in [5.41, 5.74) is 2.11. The zero-order chi connectivity index (χ0) is 15.5. The molecule has 2 rings (SSSR count). The summed E-state index contributed by atoms with van der Waals surface area (Å²) >= 11 is 0. The molecule has 0 aliphatic heterocycles. The maximum Gasteiger partial charge on any atom is 0.305 e. The SMILES string of the molecule is Cc1cc(C)cc(C(=O)NC2(CC(=O)O)CCCCC2)c1. The molecule has 0 heterocycles. The molecule has 1 saturated carbocycles. The normalized spacial score (nSPS) is 17.2. The first kappa shape index (κ1) is 15.5. The fourth-order valence-electron chi connectivity index (χ4n) is 3.28. The molecule has 0 aromatic heterocycles. The topological polar surface area (TPSA) is 66.4 Å². The lowest BCUT2D eigenvalue weighted by Crippen LogP contribution is -2.51. The van der Waals surface area contributed by atoms with Gasteiger partial charge in [0.25, 0.3) is 5.91 Å². The van der Waals surface area contributed by atoms with Gasteiger partial charge in [0.2, 0.25) is 0 Å². The third-order valence-electron chi connectivity index (χ3n) is 4.16. The van der Waals surface area contributed by atoms with Gasteiger partial charge in [0.15, 0.2) is 0 Å². The van der Waals surface area contributed by atoms with Crippen molar-refractivity contribution < 1.29 is 14.7 Å². The van der Waals surface area contributed by atoms with Gasteiger partial charge in [-0.3, -0.25) is 9.59 Å². The van der Waals surface area contributed by atoms with Crippen LogP contribution in [0.5, 0.6) is 0 Å². The molecule has 0 spiro atoms. The highest BCUT2D eigenvalue weighted by Crippen LogP contribution is 2.31. The maximum absolute atomic E-state index is 12.5. The van der Waals surface area contributed by atoms with Gasteiger partial charge in [-0.2, -0.15) is 0 Å². The van der Waals surface area contributed by atoms with Gasteiger partial charge < -0.3 is 10.4 Å². The molecule has 4 nitrogen and oxygen atoms in total. The van der Waals surface area contributed by atoms with Crippen LogP contribution in [-0.2, 0) is 4.79 Å². The summed E-state index contributed by atoms with van der Waals surface area (Å²) in [6.45, 7) is 3.91. The lowest BCUT2D eigenvalue weighted by atomic mass is 9.79. The number of aryl methyl sites for hydroxylation is 2. The van der Waals surface area contributed by atoms with Gasteiger partial charge in [-0.15, -0.1) is 0 Å². The highest BCUT2D eigenvalue weighted by molar-refractivity contribution is 5.95. The second kappa shape index (κ2) is 6.29. The van der Waals surface area contributed by atoms with Crippen LogP contribution in [0.25, 0.3) is 0 Å². The molecule has 0 bridgehead atoms. The third-order valence-corrected chi connectivity index (χ3v) is 4.16. The van der Waals surface area contributed by atoms with E-state index in [0.717, 1.165) is 43.2 Å². The van der Waals surface area contributed by atoms with E-state index in [1.807, 2.05) is 32.0 Å². The van der Waals surface area contributed by atoms with Gasteiger partial charge in [-0.1, -0.05) is 36.5 Å². The van der Waals surface area contributed by atoms with Crippen LogP contribution in [0.4, 0.5) is 0 Å². The van der Waals surface area contributed by atoms with E-state index in [2.05, 4.69) is 5.32 Å². The molecular formula is C17H23NO3. The fraction of sp³-hybridized carbons (Fsp3) is 0.529. The Morgan fingerprint density at radius 1 is 1.10 bits per heavy atom. The van der Waals surface area contributed by atoms with E-state index in [1.165, 1.54) is 0 Å². The second-order valence-electron chi connectivity index (χ2n) is 6.24. The minimum Gasteiger partial charge on any atom is -0.481 e. The maximum atomic E-state index is 12.5. The van der Waals surface area contributed by atoms with Crippen molar-refractivity contribution in [3.63, 3.8) is 0 Å². The number of aliphatic carboxylic acids is 1. The van der Waals surface area contributed by atoms with E-state index in [-0.39, 0.29) is 12.3 Å². The molecule has 0 unspecified atom stereocenters. The number of carboxylic acids is 1. The van der Waals surface area contributed by atoms with Crippen LogP contribution < -0.4 is 5.32 Å². The molecule has 0 radical (unpaired) electrons. The van der Waals surface area contributed by atoms with E-state index < -0.39 is 11.5 Å². The Hall–Kier alpha value is -1.84. The highest BCUT2D eigenvalue weighted by atomic mass is 16.4. The highest BCUT2D eigenvalue weighted by Gasteiger charge is 2.36. The van der Waals surface area contributed by atoms with Gasteiger partial charge in [0, 0.05) is 5.56 Å². The zero-order valence-electron chi connectivity index (χ0n) is 12.7. The van der Waals surface area contributed by atoms with Crippen LogP contribution in [0.1, 0.15) is 60.0 Å². The standard InChI is InChI=1S/C17H23NO3/c1-12-8-13(2)10-14(9-12)16(21)18-17(11-15(19)20)6-4-3-5-7-17/h8-10H,3-7,11H2,1-2H3,(H,18,21)(H,19,20). The van der Waals surface area contributed by atoms with Crippen LogP contribution in [0.2, 0.25) is 0 Å². The Morgan fingerprint density at radius 2 is 1.67 bits per heavy atom. The summed E-state index contributed by atoms with van der Waals surface area (Å²) in [7, 11) is 0. The van der Waals surface area contributed by atoms with Crippen molar-refractivity contribution in [1.29, 1.82) is 0 Å². The van der Waals surface area contributed by atoms with Crippen LogP contribution in [0, 0.1) is 13.8 Å². The summed E-state index contributed by atoms with van der Waals surface area (Å²) < 4.78 is 0. The number of carbonyl (C=O) groups is 2. The Kier molecular flexibility index (Phi) is 4.66. The number of carbonyl (C=O) groups excluding carboxylic acids is 1.